The van der Waals surface area contributed by atoms with Gasteiger partial charge in [-0.3, -0.25) is 4.79 Å². The van der Waals surface area contributed by atoms with Gasteiger partial charge in [0.05, 0.1) is 11.3 Å². The molecular formula is C18H24N4OS. The molecule has 0 aliphatic heterocycles. The van der Waals surface area contributed by atoms with E-state index in [1.165, 1.54) is 24.6 Å². The first kappa shape index (κ1) is 17.0. The SMILES string of the molecule is CCC[C@H](NC(=O)[C@@H](C)Sc1nncn1C1CC1)c1ccccc1. The quantitative estimate of drug-likeness (QED) is 0.741. The van der Waals surface area contributed by atoms with E-state index in [0.717, 1.165) is 23.6 Å². The number of aromatic nitrogens is 3. The maximum atomic E-state index is 12.6. The van der Waals surface area contributed by atoms with E-state index in [4.69, 9.17) is 0 Å². The second-order valence-electron chi connectivity index (χ2n) is 6.27. The number of carbonyl (C=O) groups is 1. The predicted molar refractivity (Wildman–Crippen MR) is 95.8 cm³/mol. The first-order valence-electron chi connectivity index (χ1n) is 8.60. The van der Waals surface area contributed by atoms with Crippen LogP contribution in [-0.2, 0) is 4.79 Å². The Labute approximate surface area is 147 Å². The molecule has 128 valence electrons. The van der Waals surface area contributed by atoms with Gasteiger partial charge in [0.15, 0.2) is 5.16 Å². The highest BCUT2D eigenvalue weighted by Crippen LogP contribution is 2.38. The molecule has 1 saturated carbocycles. The van der Waals surface area contributed by atoms with Crippen LogP contribution in [-0.4, -0.2) is 25.9 Å². The van der Waals surface area contributed by atoms with Crippen LogP contribution in [0.25, 0.3) is 0 Å². The molecule has 24 heavy (non-hydrogen) atoms. The average Bonchev–Trinajstić information content (AvgIpc) is 3.34. The maximum Gasteiger partial charge on any atom is 0.233 e. The van der Waals surface area contributed by atoms with Crippen molar-refractivity contribution >= 4 is 17.7 Å². The molecule has 1 amide bonds. The average molecular weight is 344 g/mol. The van der Waals surface area contributed by atoms with Gasteiger partial charge in [-0.2, -0.15) is 0 Å². The molecule has 5 nitrogen and oxygen atoms in total. The van der Waals surface area contributed by atoms with Crippen molar-refractivity contribution in [2.24, 2.45) is 0 Å². The zero-order valence-electron chi connectivity index (χ0n) is 14.2. The number of amides is 1. The van der Waals surface area contributed by atoms with Crippen LogP contribution in [0, 0.1) is 0 Å². The van der Waals surface area contributed by atoms with Crippen molar-refractivity contribution in [1.29, 1.82) is 0 Å². The lowest BCUT2D eigenvalue weighted by atomic mass is 10.0. The number of rotatable bonds is 8. The van der Waals surface area contributed by atoms with Crippen LogP contribution in [0.3, 0.4) is 0 Å². The molecule has 1 aliphatic carbocycles. The summed E-state index contributed by atoms with van der Waals surface area (Å²) in [5, 5.41) is 12.0. The zero-order chi connectivity index (χ0) is 16.9. The van der Waals surface area contributed by atoms with Crippen molar-refractivity contribution in [3.05, 3.63) is 42.2 Å². The van der Waals surface area contributed by atoms with E-state index >= 15 is 0 Å². The van der Waals surface area contributed by atoms with E-state index in [-0.39, 0.29) is 17.2 Å². The zero-order valence-corrected chi connectivity index (χ0v) is 15.0. The minimum Gasteiger partial charge on any atom is -0.348 e. The number of nitrogens with zero attached hydrogens (tertiary/aromatic N) is 3. The van der Waals surface area contributed by atoms with E-state index in [1.807, 2.05) is 25.1 Å². The molecule has 2 aromatic rings. The highest BCUT2D eigenvalue weighted by atomic mass is 32.2. The summed E-state index contributed by atoms with van der Waals surface area (Å²) in [5.74, 6) is 0.0487. The van der Waals surface area contributed by atoms with E-state index in [2.05, 4.69) is 39.1 Å². The van der Waals surface area contributed by atoms with Crippen LogP contribution in [0.1, 0.15) is 57.2 Å². The first-order chi connectivity index (χ1) is 11.7. The second kappa shape index (κ2) is 7.83. The summed E-state index contributed by atoms with van der Waals surface area (Å²) in [6, 6.07) is 10.8. The van der Waals surface area contributed by atoms with E-state index in [1.54, 1.807) is 6.33 Å². The van der Waals surface area contributed by atoms with Gasteiger partial charge >= 0.3 is 0 Å². The lowest BCUT2D eigenvalue weighted by molar-refractivity contribution is -0.121. The highest BCUT2D eigenvalue weighted by molar-refractivity contribution is 8.00. The van der Waals surface area contributed by atoms with Crippen LogP contribution in [0.15, 0.2) is 41.8 Å². The third-order valence-corrected chi connectivity index (χ3v) is 5.30. The summed E-state index contributed by atoms with van der Waals surface area (Å²) in [7, 11) is 0. The fraction of sp³-hybridized carbons (Fsp3) is 0.500. The third-order valence-electron chi connectivity index (χ3n) is 4.23. The number of thioether (sulfide) groups is 1. The molecule has 0 spiro atoms. The molecular weight excluding hydrogens is 320 g/mol. The topological polar surface area (TPSA) is 59.8 Å². The molecule has 1 aromatic heterocycles. The minimum absolute atomic E-state index is 0.0487. The lowest BCUT2D eigenvalue weighted by Crippen LogP contribution is -2.34. The number of nitrogens with one attached hydrogen (secondary N) is 1. The van der Waals surface area contributed by atoms with Gasteiger partial charge in [0.25, 0.3) is 0 Å². The van der Waals surface area contributed by atoms with E-state index < -0.39 is 0 Å². The summed E-state index contributed by atoms with van der Waals surface area (Å²) in [4.78, 5) is 12.6. The molecule has 0 bridgehead atoms. The van der Waals surface area contributed by atoms with Crippen molar-refractivity contribution in [3.8, 4) is 0 Å². The number of benzene rings is 1. The Morgan fingerprint density at radius 3 is 2.79 bits per heavy atom. The van der Waals surface area contributed by atoms with Crippen molar-refractivity contribution in [1.82, 2.24) is 20.1 Å². The summed E-state index contributed by atoms with van der Waals surface area (Å²) in [5.41, 5.74) is 1.16. The number of carbonyl (C=O) groups excluding carboxylic acids is 1. The van der Waals surface area contributed by atoms with Gasteiger partial charge < -0.3 is 9.88 Å². The van der Waals surface area contributed by atoms with Gasteiger partial charge in [0, 0.05) is 6.04 Å². The monoisotopic (exact) mass is 344 g/mol. The summed E-state index contributed by atoms with van der Waals surface area (Å²) >= 11 is 1.49. The van der Waals surface area contributed by atoms with Crippen LogP contribution in [0.2, 0.25) is 0 Å². The lowest BCUT2D eigenvalue weighted by Gasteiger charge is -2.21. The van der Waals surface area contributed by atoms with Crippen LogP contribution < -0.4 is 5.32 Å². The van der Waals surface area contributed by atoms with E-state index in [9.17, 15) is 4.79 Å². The van der Waals surface area contributed by atoms with Gasteiger partial charge in [0.2, 0.25) is 5.91 Å². The van der Waals surface area contributed by atoms with Crippen LogP contribution >= 0.6 is 11.8 Å². The van der Waals surface area contributed by atoms with Gasteiger partial charge in [-0.05, 0) is 31.7 Å². The second-order valence-corrected chi connectivity index (χ2v) is 7.58. The molecule has 1 aromatic carbocycles. The summed E-state index contributed by atoms with van der Waals surface area (Å²) in [6.45, 7) is 4.07. The molecule has 6 heteroatoms. The van der Waals surface area contributed by atoms with Crippen molar-refractivity contribution in [3.63, 3.8) is 0 Å². The van der Waals surface area contributed by atoms with Gasteiger partial charge in [-0.1, -0.05) is 55.4 Å². The molecule has 1 N–H and O–H groups in total. The van der Waals surface area contributed by atoms with Crippen LogP contribution in [0.4, 0.5) is 0 Å². The highest BCUT2D eigenvalue weighted by Gasteiger charge is 2.28. The Hall–Kier alpha value is -1.82. The van der Waals surface area contributed by atoms with Crippen molar-refractivity contribution < 1.29 is 4.79 Å². The largest absolute Gasteiger partial charge is 0.348 e. The normalized spacial score (nSPS) is 16.6. The Morgan fingerprint density at radius 1 is 1.38 bits per heavy atom. The molecule has 0 saturated heterocycles. The standard InChI is InChI=1S/C18H24N4OS/c1-3-7-16(14-8-5-4-6-9-14)20-17(23)13(2)24-18-21-19-12-22(18)15-10-11-15/h4-6,8-9,12-13,15-16H,3,7,10-11H2,1-2H3,(H,20,23)/t13-,16+/m1/s1. The fourth-order valence-corrected chi connectivity index (χ4v) is 3.62. The Balaban J connectivity index is 1.62. The Kier molecular flexibility index (Phi) is 5.56. The molecule has 2 atom stereocenters. The fourth-order valence-electron chi connectivity index (χ4n) is 2.72. The smallest absolute Gasteiger partial charge is 0.233 e. The summed E-state index contributed by atoms with van der Waals surface area (Å²) in [6.07, 6.45) is 6.09. The van der Waals surface area contributed by atoms with Gasteiger partial charge in [-0.25, -0.2) is 0 Å². The molecule has 0 unspecified atom stereocenters. The Bertz CT molecular complexity index is 669. The minimum atomic E-state index is -0.199. The molecule has 3 rings (SSSR count). The molecule has 1 heterocycles. The van der Waals surface area contributed by atoms with Crippen LogP contribution in [0.5, 0.6) is 0 Å². The first-order valence-corrected chi connectivity index (χ1v) is 9.48. The van der Waals surface area contributed by atoms with Crippen molar-refractivity contribution in [2.75, 3.05) is 0 Å². The molecule has 1 aliphatic rings. The number of hydrogen-bond donors (Lipinski definition) is 1. The van der Waals surface area contributed by atoms with Gasteiger partial charge in [-0.15, -0.1) is 10.2 Å². The third kappa shape index (κ3) is 4.17. The predicted octanol–water partition coefficient (Wildman–Crippen LogP) is 3.75. The van der Waals surface area contributed by atoms with Crippen molar-refractivity contribution in [2.45, 2.75) is 62.0 Å². The number of hydrogen-bond acceptors (Lipinski definition) is 4. The molecule has 0 radical (unpaired) electrons. The van der Waals surface area contributed by atoms with E-state index in [0.29, 0.717) is 6.04 Å². The summed E-state index contributed by atoms with van der Waals surface area (Å²) < 4.78 is 2.09. The van der Waals surface area contributed by atoms with Gasteiger partial charge in [0.1, 0.15) is 6.33 Å². The molecule has 1 fully saturated rings. The Morgan fingerprint density at radius 2 is 2.12 bits per heavy atom. The maximum absolute atomic E-state index is 12.6.